The Kier molecular flexibility index (Phi) is 3.58. The fraction of sp³-hybridized carbons (Fsp3) is 0.417. The molecule has 1 fully saturated rings. The molecule has 1 amide bonds. The smallest absolute Gasteiger partial charge is 0.236 e. The topological polar surface area (TPSA) is 49.6 Å². The minimum Gasteiger partial charge on any atom is -0.368 e. The lowest BCUT2D eigenvalue weighted by atomic mass is 10.2. The molecule has 0 atom stereocenters. The number of nitrogens with two attached hydrogens (primary N) is 1. The van der Waals surface area contributed by atoms with E-state index >= 15 is 0 Å². The van der Waals surface area contributed by atoms with Gasteiger partial charge in [-0.3, -0.25) is 4.79 Å². The summed E-state index contributed by atoms with van der Waals surface area (Å²) in [6.45, 7) is 2.94. The van der Waals surface area contributed by atoms with Crippen molar-refractivity contribution in [2.45, 2.75) is 0 Å². The van der Waals surface area contributed by atoms with Crippen molar-refractivity contribution < 1.29 is 9.18 Å². The van der Waals surface area contributed by atoms with Gasteiger partial charge in [0, 0.05) is 31.9 Å². The van der Waals surface area contributed by atoms with E-state index < -0.39 is 0 Å². The van der Waals surface area contributed by atoms with Crippen LogP contribution >= 0.6 is 0 Å². The highest BCUT2D eigenvalue weighted by Gasteiger charge is 2.19. The number of carbonyl (C=O) groups excluding carboxylic acids is 1. The Labute approximate surface area is 99.8 Å². The van der Waals surface area contributed by atoms with Crippen molar-refractivity contribution in [1.82, 2.24) is 4.90 Å². The first-order chi connectivity index (χ1) is 8.20. The summed E-state index contributed by atoms with van der Waals surface area (Å²) in [6, 6.07) is 6.42. The number of amides is 1. The summed E-state index contributed by atoms with van der Waals surface area (Å²) in [5.41, 5.74) is 6.31. The molecule has 92 valence electrons. The van der Waals surface area contributed by atoms with E-state index in [1.165, 1.54) is 12.1 Å². The Morgan fingerprint density at radius 1 is 1.18 bits per heavy atom. The molecule has 0 saturated carbocycles. The molecule has 4 nitrogen and oxygen atoms in total. The van der Waals surface area contributed by atoms with E-state index in [2.05, 4.69) is 4.90 Å². The van der Waals surface area contributed by atoms with Gasteiger partial charge in [0.15, 0.2) is 0 Å². The molecule has 17 heavy (non-hydrogen) atoms. The first-order valence-corrected chi connectivity index (χ1v) is 5.69. The molecule has 0 spiro atoms. The Balaban J connectivity index is 1.95. The molecule has 0 aromatic heterocycles. The number of hydrogen-bond acceptors (Lipinski definition) is 3. The molecule has 1 aromatic rings. The quantitative estimate of drug-likeness (QED) is 0.811. The van der Waals surface area contributed by atoms with Crippen molar-refractivity contribution in [1.29, 1.82) is 0 Å². The summed E-state index contributed by atoms with van der Waals surface area (Å²) >= 11 is 0. The van der Waals surface area contributed by atoms with Gasteiger partial charge in [0.2, 0.25) is 5.91 Å². The number of benzene rings is 1. The second-order valence-corrected chi connectivity index (χ2v) is 4.05. The van der Waals surface area contributed by atoms with Crippen LogP contribution in [0.3, 0.4) is 0 Å². The maximum absolute atomic E-state index is 12.8. The van der Waals surface area contributed by atoms with Gasteiger partial charge < -0.3 is 15.5 Å². The van der Waals surface area contributed by atoms with Crippen LogP contribution in [0.1, 0.15) is 0 Å². The third-order valence-electron chi connectivity index (χ3n) is 3.00. The monoisotopic (exact) mass is 237 g/mol. The molecule has 0 bridgehead atoms. The van der Waals surface area contributed by atoms with Crippen molar-refractivity contribution >= 4 is 11.6 Å². The van der Waals surface area contributed by atoms with Gasteiger partial charge in [-0.15, -0.1) is 0 Å². The maximum atomic E-state index is 12.8. The van der Waals surface area contributed by atoms with Crippen LogP contribution in [-0.2, 0) is 4.79 Å². The second kappa shape index (κ2) is 5.14. The predicted octanol–water partition coefficient (Wildman–Crippen LogP) is 0.433. The van der Waals surface area contributed by atoms with Crippen molar-refractivity contribution in [2.24, 2.45) is 5.73 Å². The summed E-state index contributed by atoms with van der Waals surface area (Å²) in [7, 11) is 0. The van der Waals surface area contributed by atoms with E-state index in [0.717, 1.165) is 18.8 Å². The van der Waals surface area contributed by atoms with Crippen molar-refractivity contribution in [3.8, 4) is 0 Å². The largest absolute Gasteiger partial charge is 0.368 e. The van der Waals surface area contributed by atoms with Gasteiger partial charge in [-0.1, -0.05) is 0 Å². The van der Waals surface area contributed by atoms with Crippen LogP contribution in [0.2, 0.25) is 0 Å². The van der Waals surface area contributed by atoms with Crippen LogP contribution in [0.5, 0.6) is 0 Å². The van der Waals surface area contributed by atoms with Crippen molar-refractivity contribution in [3.05, 3.63) is 30.1 Å². The average molecular weight is 237 g/mol. The van der Waals surface area contributed by atoms with Gasteiger partial charge in [-0.25, -0.2) is 4.39 Å². The van der Waals surface area contributed by atoms with Gasteiger partial charge in [-0.2, -0.15) is 0 Å². The van der Waals surface area contributed by atoms with E-state index in [1.807, 2.05) is 0 Å². The zero-order chi connectivity index (χ0) is 12.3. The highest BCUT2D eigenvalue weighted by molar-refractivity contribution is 5.78. The first kappa shape index (κ1) is 11.9. The van der Waals surface area contributed by atoms with Crippen molar-refractivity contribution in [2.75, 3.05) is 37.6 Å². The summed E-state index contributed by atoms with van der Waals surface area (Å²) in [4.78, 5) is 15.3. The van der Waals surface area contributed by atoms with E-state index in [-0.39, 0.29) is 18.3 Å². The molecule has 1 saturated heterocycles. The Morgan fingerprint density at radius 2 is 1.76 bits per heavy atom. The number of carbonyl (C=O) groups is 1. The molecule has 1 aliphatic heterocycles. The normalized spacial score (nSPS) is 16.1. The lowest BCUT2D eigenvalue weighted by molar-refractivity contribution is -0.129. The van der Waals surface area contributed by atoms with Crippen LogP contribution in [0.15, 0.2) is 24.3 Å². The van der Waals surface area contributed by atoms with E-state index in [0.29, 0.717) is 13.1 Å². The number of anilines is 1. The lowest BCUT2D eigenvalue weighted by Gasteiger charge is -2.36. The third-order valence-corrected chi connectivity index (χ3v) is 3.00. The van der Waals surface area contributed by atoms with E-state index in [1.54, 1.807) is 17.0 Å². The van der Waals surface area contributed by atoms with Crippen LogP contribution in [0.4, 0.5) is 10.1 Å². The molecule has 2 rings (SSSR count). The second-order valence-electron chi connectivity index (χ2n) is 4.05. The molecular weight excluding hydrogens is 221 g/mol. The molecular formula is C12H16FN3O. The molecule has 0 unspecified atom stereocenters. The molecule has 0 radical (unpaired) electrons. The lowest BCUT2D eigenvalue weighted by Crippen LogP contribution is -2.50. The number of piperazine rings is 1. The Morgan fingerprint density at radius 3 is 2.29 bits per heavy atom. The number of rotatable bonds is 2. The van der Waals surface area contributed by atoms with Gasteiger partial charge >= 0.3 is 0 Å². The van der Waals surface area contributed by atoms with Gasteiger partial charge in [-0.05, 0) is 24.3 Å². The first-order valence-electron chi connectivity index (χ1n) is 5.69. The third kappa shape index (κ3) is 2.74. The molecule has 1 aromatic carbocycles. The SMILES string of the molecule is NCC(=O)N1CCN(c2ccc(F)cc2)CC1. The van der Waals surface area contributed by atoms with Gasteiger partial charge in [0.05, 0.1) is 6.54 Å². The van der Waals surface area contributed by atoms with Crippen LogP contribution in [-0.4, -0.2) is 43.5 Å². The summed E-state index contributed by atoms with van der Waals surface area (Å²) in [6.07, 6.45) is 0. The van der Waals surface area contributed by atoms with E-state index in [4.69, 9.17) is 5.73 Å². The van der Waals surface area contributed by atoms with Crippen molar-refractivity contribution in [3.63, 3.8) is 0 Å². The highest BCUT2D eigenvalue weighted by Crippen LogP contribution is 2.16. The Hall–Kier alpha value is -1.62. The minimum absolute atomic E-state index is 0.0104. The summed E-state index contributed by atoms with van der Waals surface area (Å²) < 4.78 is 12.8. The summed E-state index contributed by atoms with van der Waals surface area (Å²) in [5, 5.41) is 0. The summed E-state index contributed by atoms with van der Waals surface area (Å²) in [5.74, 6) is -0.241. The molecule has 0 aliphatic carbocycles. The standard InChI is InChI=1S/C12H16FN3O/c13-10-1-3-11(4-2-10)15-5-7-16(8-6-15)12(17)9-14/h1-4H,5-9,14H2. The zero-order valence-corrected chi connectivity index (χ0v) is 9.60. The number of nitrogens with zero attached hydrogens (tertiary/aromatic N) is 2. The molecule has 1 aliphatic rings. The molecule has 2 N–H and O–H groups in total. The molecule has 1 heterocycles. The number of halogens is 1. The Bertz CT molecular complexity index is 385. The van der Waals surface area contributed by atoms with Crippen LogP contribution in [0, 0.1) is 5.82 Å². The predicted molar refractivity (Wildman–Crippen MR) is 64.2 cm³/mol. The minimum atomic E-state index is -0.231. The van der Waals surface area contributed by atoms with Gasteiger partial charge in [0.25, 0.3) is 0 Å². The average Bonchev–Trinajstić information content (AvgIpc) is 2.39. The number of hydrogen-bond donors (Lipinski definition) is 1. The van der Waals surface area contributed by atoms with Crippen LogP contribution < -0.4 is 10.6 Å². The van der Waals surface area contributed by atoms with Crippen LogP contribution in [0.25, 0.3) is 0 Å². The van der Waals surface area contributed by atoms with E-state index in [9.17, 15) is 9.18 Å². The zero-order valence-electron chi connectivity index (χ0n) is 9.60. The fourth-order valence-electron chi connectivity index (χ4n) is 2.00. The van der Waals surface area contributed by atoms with Gasteiger partial charge in [0.1, 0.15) is 5.82 Å². The highest BCUT2D eigenvalue weighted by atomic mass is 19.1. The maximum Gasteiger partial charge on any atom is 0.236 e. The fourth-order valence-corrected chi connectivity index (χ4v) is 2.00. The molecule has 5 heteroatoms.